The summed E-state index contributed by atoms with van der Waals surface area (Å²) in [5.74, 6) is 1.67. The zero-order chi connectivity index (χ0) is 16.4. The summed E-state index contributed by atoms with van der Waals surface area (Å²) in [7, 11) is 0. The third-order valence-corrected chi connectivity index (χ3v) is 3.73. The number of hydrogen-bond donors (Lipinski definition) is 1. The topological polar surface area (TPSA) is 91.2 Å². The second-order valence-electron chi connectivity index (χ2n) is 4.97. The largest absolute Gasteiger partial charge is 0.454 e. The Kier molecular flexibility index (Phi) is 3.89. The minimum atomic E-state index is -0.447. The predicted molar refractivity (Wildman–Crippen MR) is 84.7 cm³/mol. The molecule has 2 aromatic rings. The molecular formula is C16H16N4O3. The molecule has 0 saturated carbocycles. The van der Waals surface area contributed by atoms with E-state index in [1.807, 2.05) is 24.8 Å². The first kappa shape index (κ1) is 14.9. The average molecular weight is 312 g/mol. The van der Waals surface area contributed by atoms with Crippen molar-refractivity contribution in [3.05, 3.63) is 34.1 Å². The van der Waals surface area contributed by atoms with Gasteiger partial charge in [0.1, 0.15) is 11.6 Å². The van der Waals surface area contributed by atoms with Crippen molar-refractivity contribution >= 4 is 5.95 Å². The highest BCUT2D eigenvalue weighted by Crippen LogP contribution is 2.36. The van der Waals surface area contributed by atoms with Crippen molar-refractivity contribution < 1.29 is 9.47 Å². The van der Waals surface area contributed by atoms with Crippen LogP contribution in [0.25, 0.3) is 11.3 Å². The molecule has 2 heterocycles. The van der Waals surface area contributed by atoms with Crippen molar-refractivity contribution in [1.82, 2.24) is 9.97 Å². The van der Waals surface area contributed by atoms with E-state index in [9.17, 15) is 10.1 Å². The molecule has 0 atom stereocenters. The minimum Gasteiger partial charge on any atom is -0.454 e. The van der Waals surface area contributed by atoms with E-state index in [1.54, 1.807) is 18.2 Å². The first-order chi connectivity index (χ1) is 11.2. The number of aromatic nitrogens is 2. The van der Waals surface area contributed by atoms with Gasteiger partial charge in [-0.15, -0.1) is 0 Å². The van der Waals surface area contributed by atoms with Gasteiger partial charge in [-0.2, -0.15) is 5.26 Å². The summed E-state index contributed by atoms with van der Waals surface area (Å²) in [4.78, 5) is 21.3. The van der Waals surface area contributed by atoms with Gasteiger partial charge in [0.05, 0.1) is 5.69 Å². The molecule has 1 aromatic heterocycles. The molecule has 0 radical (unpaired) electrons. The first-order valence-corrected chi connectivity index (χ1v) is 7.37. The van der Waals surface area contributed by atoms with E-state index in [-0.39, 0.29) is 12.4 Å². The second-order valence-corrected chi connectivity index (χ2v) is 4.97. The van der Waals surface area contributed by atoms with Crippen LogP contribution in [0.2, 0.25) is 0 Å². The molecule has 7 heteroatoms. The van der Waals surface area contributed by atoms with Crippen molar-refractivity contribution in [2.75, 3.05) is 24.8 Å². The van der Waals surface area contributed by atoms with E-state index in [2.05, 4.69) is 9.97 Å². The highest BCUT2D eigenvalue weighted by molar-refractivity contribution is 5.70. The second kappa shape index (κ2) is 6.01. The molecule has 0 fully saturated rings. The molecule has 7 nitrogen and oxygen atoms in total. The fourth-order valence-corrected chi connectivity index (χ4v) is 2.49. The maximum atomic E-state index is 12.2. The molecule has 0 unspecified atom stereocenters. The van der Waals surface area contributed by atoms with Gasteiger partial charge < -0.3 is 14.4 Å². The maximum absolute atomic E-state index is 12.2. The standard InChI is InChI=1S/C16H16N4O3/c1-3-20(4-2)16-18-14(11(8-17)15(21)19-16)10-5-6-12-13(7-10)23-9-22-12/h5-7H,3-4,9H2,1-2H3,(H,18,19,21). The number of anilines is 1. The van der Waals surface area contributed by atoms with Crippen LogP contribution < -0.4 is 19.9 Å². The van der Waals surface area contributed by atoms with Crippen molar-refractivity contribution in [1.29, 1.82) is 5.26 Å². The molecule has 0 amide bonds. The van der Waals surface area contributed by atoms with Gasteiger partial charge in [0, 0.05) is 18.7 Å². The Morgan fingerprint density at radius 2 is 2.04 bits per heavy atom. The number of benzene rings is 1. The number of nitrogens with zero attached hydrogens (tertiary/aromatic N) is 3. The lowest BCUT2D eigenvalue weighted by atomic mass is 10.1. The molecule has 118 valence electrons. The lowest BCUT2D eigenvalue weighted by molar-refractivity contribution is 0.174. The number of H-pyrrole nitrogens is 1. The number of ether oxygens (including phenoxy) is 2. The van der Waals surface area contributed by atoms with Crippen LogP contribution >= 0.6 is 0 Å². The van der Waals surface area contributed by atoms with Crippen LogP contribution in [0.4, 0.5) is 5.95 Å². The van der Waals surface area contributed by atoms with Gasteiger partial charge in [0.2, 0.25) is 12.7 Å². The number of aromatic amines is 1. The molecule has 0 aliphatic carbocycles. The third-order valence-electron chi connectivity index (χ3n) is 3.73. The van der Waals surface area contributed by atoms with E-state index in [4.69, 9.17) is 9.47 Å². The SMILES string of the molecule is CCN(CC)c1nc(-c2ccc3c(c2)OCO3)c(C#N)c(=O)[nH]1. The summed E-state index contributed by atoms with van der Waals surface area (Å²) >= 11 is 0. The van der Waals surface area contributed by atoms with Crippen LogP contribution in [0.3, 0.4) is 0 Å². The van der Waals surface area contributed by atoms with E-state index in [1.165, 1.54) is 0 Å². The maximum Gasteiger partial charge on any atom is 0.270 e. The number of fused-ring (bicyclic) bond motifs is 1. The average Bonchev–Trinajstić information content (AvgIpc) is 3.03. The van der Waals surface area contributed by atoms with Gasteiger partial charge in [-0.05, 0) is 32.0 Å². The number of nitrogens with one attached hydrogen (secondary N) is 1. The fraction of sp³-hybridized carbons (Fsp3) is 0.312. The van der Waals surface area contributed by atoms with Gasteiger partial charge in [-0.1, -0.05) is 0 Å². The molecule has 3 rings (SSSR count). The van der Waals surface area contributed by atoms with Crippen LogP contribution in [0.1, 0.15) is 19.4 Å². The molecule has 23 heavy (non-hydrogen) atoms. The zero-order valence-electron chi connectivity index (χ0n) is 12.9. The molecule has 0 bridgehead atoms. The quantitative estimate of drug-likeness (QED) is 0.927. The van der Waals surface area contributed by atoms with Crippen LogP contribution in [0.15, 0.2) is 23.0 Å². The Morgan fingerprint density at radius 1 is 1.30 bits per heavy atom. The Labute approximate surface area is 133 Å². The summed E-state index contributed by atoms with van der Waals surface area (Å²) in [6, 6.07) is 7.18. The summed E-state index contributed by atoms with van der Waals surface area (Å²) < 4.78 is 10.6. The summed E-state index contributed by atoms with van der Waals surface area (Å²) in [5.41, 5.74) is 0.526. The van der Waals surface area contributed by atoms with Gasteiger partial charge >= 0.3 is 0 Å². The van der Waals surface area contributed by atoms with E-state index in [0.717, 1.165) is 0 Å². The van der Waals surface area contributed by atoms with Gasteiger partial charge in [0.15, 0.2) is 11.5 Å². The highest BCUT2D eigenvalue weighted by atomic mass is 16.7. The van der Waals surface area contributed by atoms with Crippen LogP contribution in [0, 0.1) is 11.3 Å². The molecule has 1 aliphatic heterocycles. The smallest absolute Gasteiger partial charge is 0.270 e. The van der Waals surface area contributed by atoms with E-state index < -0.39 is 5.56 Å². The van der Waals surface area contributed by atoms with Crippen molar-refractivity contribution in [3.63, 3.8) is 0 Å². The van der Waals surface area contributed by atoms with Gasteiger partial charge in [-0.25, -0.2) is 4.98 Å². The molecule has 1 N–H and O–H groups in total. The van der Waals surface area contributed by atoms with Crippen LogP contribution in [0.5, 0.6) is 11.5 Å². The minimum absolute atomic E-state index is 0.0141. The highest BCUT2D eigenvalue weighted by Gasteiger charge is 2.19. The summed E-state index contributed by atoms with van der Waals surface area (Å²) in [5, 5.41) is 9.32. The Hall–Kier alpha value is -3.01. The van der Waals surface area contributed by atoms with Crippen LogP contribution in [-0.2, 0) is 0 Å². The summed E-state index contributed by atoms with van der Waals surface area (Å²) in [6.45, 7) is 5.51. The molecule has 1 aromatic carbocycles. The van der Waals surface area contributed by atoms with E-state index >= 15 is 0 Å². The van der Waals surface area contributed by atoms with Crippen molar-refractivity contribution in [2.24, 2.45) is 0 Å². The monoisotopic (exact) mass is 312 g/mol. The lowest BCUT2D eigenvalue weighted by Gasteiger charge is -2.19. The molecule has 0 saturated heterocycles. The summed E-state index contributed by atoms with van der Waals surface area (Å²) in [6.07, 6.45) is 0. The Bertz CT molecular complexity index is 834. The van der Waals surface area contributed by atoms with Crippen LogP contribution in [-0.4, -0.2) is 29.9 Å². The van der Waals surface area contributed by atoms with Gasteiger partial charge in [0.25, 0.3) is 5.56 Å². The predicted octanol–water partition coefficient (Wildman–Crippen LogP) is 1.88. The molecule has 1 aliphatic rings. The zero-order valence-corrected chi connectivity index (χ0v) is 12.9. The molecule has 0 spiro atoms. The van der Waals surface area contributed by atoms with Crippen molar-refractivity contribution in [2.45, 2.75) is 13.8 Å². The number of nitriles is 1. The van der Waals surface area contributed by atoms with Crippen molar-refractivity contribution in [3.8, 4) is 28.8 Å². The molecular weight excluding hydrogens is 296 g/mol. The normalized spacial score (nSPS) is 12.0. The van der Waals surface area contributed by atoms with Gasteiger partial charge in [-0.3, -0.25) is 9.78 Å². The van der Waals surface area contributed by atoms with E-state index in [0.29, 0.717) is 41.8 Å². The first-order valence-electron chi connectivity index (χ1n) is 7.37. The lowest BCUT2D eigenvalue weighted by Crippen LogP contribution is -2.28. The Morgan fingerprint density at radius 3 is 2.74 bits per heavy atom. The fourth-order valence-electron chi connectivity index (χ4n) is 2.49. The number of hydrogen-bond acceptors (Lipinski definition) is 6. The Balaban J connectivity index is 2.17. The number of rotatable bonds is 4. The third kappa shape index (κ3) is 2.59.